The van der Waals surface area contributed by atoms with Crippen molar-refractivity contribution in [3.8, 4) is 0 Å². The number of hydrogen-bond acceptors (Lipinski definition) is 4. The van der Waals surface area contributed by atoms with Crippen LogP contribution < -0.4 is 0 Å². The van der Waals surface area contributed by atoms with Crippen molar-refractivity contribution in [1.29, 1.82) is 0 Å². The van der Waals surface area contributed by atoms with Crippen molar-refractivity contribution in [2.24, 2.45) is 0 Å². The number of esters is 1. The van der Waals surface area contributed by atoms with Crippen LogP contribution in [-0.4, -0.2) is 41.8 Å². The maximum Gasteiger partial charge on any atom is 0.323 e. The highest BCUT2D eigenvalue weighted by Crippen LogP contribution is 2.26. The third kappa shape index (κ3) is 3.48. The topological polar surface area (TPSA) is 49.8 Å². The van der Waals surface area contributed by atoms with Crippen LogP contribution in [0.1, 0.15) is 12.0 Å². The van der Waals surface area contributed by atoms with E-state index < -0.39 is 12.1 Å². The fourth-order valence-electron chi connectivity index (χ4n) is 2.32. The quantitative estimate of drug-likeness (QED) is 0.851. The zero-order chi connectivity index (χ0) is 14.0. The number of nitrogens with zero attached hydrogens (tertiary/aromatic N) is 1. The number of ether oxygens (including phenoxy) is 1. The van der Waals surface area contributed by atoms with Crippen molar-refractivity contribution in [3.05, 3.63) is 33.3 Å². The Morgan fingerprint density at radius 2 is 2.37 bits per heavy atom. The molecule has 0 amide bonds. The van der Waals surface area contributed by atoms with Crippen LogP contribution in [0, 0.1) is 0 Å². The first-order valence-corrected chi connectivity index (χ1v) is 7.12. The molecule has 0 bridgehead atoms. The van der Waals surface area contributed by atoms with E-state index >= 15 is 0 Å². The smallest absolute Gasteiger partial charge is 0.323 e. The van der Waals surface area contributed by atoms with Gasteiger partial charge < -0.3 is 9.84 Å². The predicted molar refractivity (Wildman–Crippen MR) is 76.0 cm³/mol. The molecule has 1 N–H and O–H groups in total. The molecule has 1 aliphatic heterocycles. The third-order valence-electron chi connectivity index (χ3n) is 3.24. The van der Waals surface area contributed by atoms with E-state index in [0.717, 1.165) is 10.0 Å². The van der Waals surface area contributed by atoms with E-state index in [4.69, 9.17) is 16.3 Å². The molecular weight excluding hydrogens is 334 g/mol. The summed E-state index contributed by atoms with van der Waals surface area (Å²) < 4.78 is 5.70. The molecule has 19 heavy (non-hydrogen) atoms. The van der Waals surface area contributed by atoms with Gasteiger partial charge in [-0.2, -0.15) is 0 Å². The van der Waals surface area contributed by atoms with Crippen LogP contribution in [0.15, 0.2) is 22.7 Å². The lowest BCUT2D eigenvalue weighted by atomic mass is 10.1. The molecule has 2 rings (SSSR count). The Kier molecular flexibility index (Phi) is 4.84. The minimum absolute atomic E-state index is 0.317. The van der Waals surface area contributed by atoms with Gasteiger partial charge in [-0.15, -0.1) is 0 Å². The molecule has 1 fully saturated rings. The molecule has 1 aromatic carbocycles. The van der Waals surface area contributed by atoms with Crippen molar-refractivity contribution in [1.82, 2.24) is 4.90 Å². The summed E-state index contributed by atoms with van der Waals surface area (Å²) in [5.41, 5.74) is 0.916. The third-order valence-corrected chi connectivity index (χ3v) is 4.10. The molecule has 6 heteroatoms. The second kappa shape index (κ2) is 6.22. The number of hydrogen-bond donors (Lipinski definition) is 1. The number of β-amino-alcohol motifs (C(OH)–C–C–N with tert-alkyl or cyclic N) is 1. The number of methoxy groups -OCH3 is 1. The van der Waals surface area contributed by atoms with E-state index in [2.05, 4.69) is 15.9 Å². The number of carbonyl (C=O) groups excluding carboxylic acids is 1. The number of aliphatic hydroxyl groups is 1. The van der Waals surface area contributed by atoms with Crippen LogP contribution in [0.3, 0.4) is 0 Å². The fraction of sp³-hybridized carbons (Fsp3) is 0.462. The van der Waals surface area contributed by atoms with Crippen LogP contribution in [-0.2, 0) is 16.1 Å². The highest BCUT2D eigenvalue weighted by Gasteiger charge is 2.36. The largest absolute Gasteiger partial charge is 0.468 e. The van der Waals surface area contributed by atoms with E-state index in [0.29, 0.717) is 24.5 Å². The molecule has 104 valence electrons. The minimum atomic E-state index is -0.505. The molecule has 2 atom stereocenters. The first kappa shape index (κ1) is 14.8. The van der Waals surface area contributed by atoms with E-state index in [1.54, 1.807) is 6.07 Å². The maximum atomic E-state index is 11.7. The molecule has 4 nitrogen and oxygen atoms in total. The van der Waals surface area contributed by atoms with Gasteiger partial charge in [0.1, 0.15) is 6.04 Å². The Bertz CT molecular complexity index is 483. The van der Waals surface area contributed by atoms with Crippen molar-refractivity contribution in [2.75, 3.05) is 13.7 Å². The highest BCUT2D eigenvalue weighted by atomic mass is 79.9. The summed E-state index contributed by atoms with van der Waals surface area (Å²) in [6, 6.07) is 5.18. The Morgan fingerprint density at radius 3 is 3.05 bits per heavy atom. The molecule has 1 aliphatic rings. The van der Waals surface area contributed by atoms with Gasteiger partial charge in [-0.1, -0.05) is 27.5 Å². The number of carbonyl (C=O) groups is 1. The van der Waals surface area contributed by atoms with Gasteiger partial charge in [0, 0.05) is 29.0 Å². The van der Waals surface area contributed by atoms with Crippen LogP contribution >= 0.6 is 27.5 Å². The molecule has 0 saturated carbocycles. The summed E-state index contributed by atoms with van der Waals surface area (Å²) in [4.78, 5) is 13.6. The van der Waals surface area contributed by atoms with E-state index in [9.17, 15) is 9.90 Å². The van der Waals surface area contributed by atoms with Gasteiger partial charge in [-0.25, -0.2) is 0 Å². The molecule has 1 aromatic rings. The summed E-state index contributed by atoms with van der Waals surface area (Å²) >= 11 is 9.54. The molecule has 0 unspecified atom stereocenters. The van der Waals surface area contributed by atoms with Crippen molar-refractivity contribution < 1.29 is 14.6 Å². The number of likely N-dealkylation sites (tertiary alicyclic amines) is 1. The number of halogens is 2. The van der Waals surface area contributed by atoms with E-state index in [1.807, 2.05) is 17.0 Å². The molecular formula is C13H15BrClNO3. The predicted octanol–water partition coefficient (Wildman–Crippen LogP) is 2.21. The van der Waals surface area contributed by atoms with E-state index in [-0.39, 0.29) is 5.97 Å². The zero-order valence-corrected chi connectivity index (χ0v) is 12.8. The van der Waals surface area contributed by atoms with Crippen LogP contribution in [0.2, 0.25) is 5.02 Å². The second-order valence-electron chi connectivity index (χ2n) is 4.59. The molecule has 1 heterocycles. The van der Waals surface area contributed by atoms with Gasteiger partial charge in [0.2, 0.25) is 0 Å². The summed E-state index contributed by atoms with van der Waals surface area (Å²) in [7, 11) is 1.36. The second-order valence-corrected chi connectivity index (χ2v) is 5.92. The summed E-state index contributed by atoms with van der Waals surface area (Å²) in [5, 5.41) is 10.4. The van der Waals surface area contributed by atoms with Gasteiger partial charge in [-0.3, -0.25) is 9.69 Å². The number of aliphatic hydroxyl groups excluding tert-OH is 1. The summed E-state index contributed by atoms with van der Waals surface area (Å²) in [6.07, 6.45) is -0.104. The standard InChI is InChI=1S/C13H15BrClNO3/c1-19-13(18)12-5-10(17)7-16(12)6-8-4-9(14)2-3-11(8)15/h2-4,10,12,17H,5-7H2,1H3/t10-,12+/m1/s1. The first-order valence-electron chi connectivity index (χ1n) is 5.95. The van der Waals surface area contributed by atoms with E-state index in [1.165, 1.54) is 7.11 Å². The lowest BCUT2D eigenvalue weighted by Gasteiger charge is -2.22. The molecule has 1 saturated heterocycles. The molecule has 0 aliphatic carbocycles. The Labute approximate surface area is 125 Å². The van der Waals surface area contributed by atoms with Gasteiger partial charge in [0.15, 0.2) is 0 Å². The van der Waals surface area contributed by atoms with Crippen LogP contribution in [0.4, 0.5) is 0 Å². The molecule has 0 spiro atoms. The Morgan fingerprint density at radius 1 is 1.63 bits per heavy atom. The normalized spacial score (nSPS) is 23.6. The van der Waals surface area contributed by atoms with Gasteiger partial charge in [-0.05, 0) is 23.8 Å². The highest BCUT2D eigenvalue weighted by molar-refractivity contribution is 9.10. The molecule has 0 radical (unpaired) electrons. The van der Waals surface area contributed by atoms with Gasteiger partial charge in [0.25, 0.3) is 0 Å². The van der Waals surface area contributed by atoms with Crippen molar-refractivity contribution >= 4 is 33.5 Å². The minimum Gasteiger partial charge on any atom is -0.468 e. The maximum absolute atomic E-state index is 11.7. The lowest BCUT2D eigenvalue weighted by Crippen LogP contribution is -2.36. The number of benzene rings is 1. The SMILES string of the molecule is COC(=O)[C@@H]1C[C@@H](O)CN1Cc1cc(Br)ccc1Cl. The van der Waals surface area contributed by atoms with Crippen molar-refractivity contribution in [3.63, 3.8) is 0 Å². The number of rotatable bonds is 3. The average molecular weight is 349 g/mol. The van der Waals surface area contributed by atoms with Gasteiger partial charge in [0.05, 0.1) is 13.2 Å². The van der Waals surface area contributed by atoms with Crippen molar-refractivity contribution in [2.45, 2.75) is 25.1 Å². The van der Waals surface area contributed by atoms with Crippen LogP contribution in [0.5, 0.6) is 0 Å². The van der Waals surface area contributed by atoms with Gasteiger partial charge >= 0.3 is 5.97 Å². The average Bonchev–Trinajstić information content (AvgIpc) is 2.74. The lowest BCUT2D eigenvalue weighted by molar-refractivity contribution is -0.146. The summed E-state index contributed by atoms with van der Waals surface area (Å²) in [6.45, 7) is 0.956. The zero-order valence-electron chi connectivity index (χ0n) is 10.5. The first-order chi connectivity index (χ1) is 9.01. The monoisotopic (exact) mass is 347 g/mol. The summed E-state index contributed by atoms with van der Waals surface area (Å²) in [5.74, 6) is -0.317. The van der Waals surface area contributed by atoms with Crippen LogP contribution in [0.25, 0.3) is 0 Å². The Hall–Kier alpha value is -0.620. The molecule has 0 aromatic heterocycles. The fourth-order valence-corrected chi connectivity index (χ4v) is 2.90. The Balaban J connectivity index is 2.16.